The fourth-order valence-corrected chi connectivity index (χ4v) is 4.28. The fourth-order valence-electron chi connectivity index (χ4n) is 2.94. The molecule has 0 amide bonds. The van der Waals surface area contributed by atoms with Crippen LogP contribution in [0, 0.1) is 0 Å². The third-order valence-electron chi connectivity index (χ3n) is 4.13. The number of carbonyl (C=O) groups excluding carboxylic acids is 1. The molecule has 1 aliphatic rings. The average Bonchev–Trinajstić information content (AvgIpc) is 2.99. The molecule has 0 unspecified atom stereocenters. The molecule has 3 aromatic rings. The molecule has 0 bridgehead atoms. The molecule has 0 saturated heterocycles. The van der Waals surface area contributed by atoms with E-state index in [0.717, 1.165) is 31.4 Å². The molecule has 0 aliphatic heterocycles. The number of pyridine rings is 1. The summed E-state index contributed by atoms with van der Waals surface area (Å²) >= 11 is 7.24. The number of fused-ring (bicyclic) bond motifs is 3. The predicted octanol–water partition coefficient (Wildman–Crippen LogP) is 3.04. The number of nitrogens with zero attached hydrogens (tertiary/aromatic N) is 3. The van der Waals surface area contributed by atoms with Gasteiger partial charge in [0.25, 0.3) is 5.56 Å². The Morgan fingerprint density at radius 1 is 1.32 bits per heavy atom. The lowest BCUT2D eigenvalue weighted by molar-refractivity contribution is 0.0467. The number of esters is 1. The molecule has 25 heavy (non-hydrogen) atoms. The zero-order chi connectivity index (χ0) is 17.4. The molecule has 0 N–H and O–H groups in total. The van der Waals surface area contributed by atoms with Crippen LogP contribution in [0.2, 0.25) is 5.15 Å². The van der Waals surface area contributed by atoms with Crippen molar-refractivity contribution in [2.45, 2.75) is 32.3 Å². The number of halogens is 1. The molecule has 3 heterocycles. The van der Waals surface area contributed by atoms with Crippen LogP contribution in [-0.2, 0) is 24.2 Å². The number of ether oxygens (including phenoxy) is 1. The minimum atomic E-state index is -0.531. The largest absolute Gasteiger partial charge is 0.456 e. The van der Waals surface area contributed by atoms with Crippen molar-refractivity contribution >= 4 is 33.9 Å². The van der Waals surface area contributed by atoms with Crippen LogP contribution in [0.4, 0.5) is 0 Å². The molecular weight excluding hydrogens is 362 g/mol. The Balaban J connectivity index is 1.57. The Hall–Kier alpha value is -2.25. The van der Waals surface area contributed by atoms with Crippen LogP contribution in [0.1, 0.15) is 39.5 Å². The van der Waals surface area contributed by atoms with E-state index in [0.29, 0.717) is 21.4 Å². The Kier molecular flexibility index (Phi) is 4.27. The zero-order valence-electron chi connectivity index (χ0n) is 13.2. The summed E-state index contributed by atoms with van der Waals surface area (Å²) in [5, 5.41) is 0.304. The molecule has 0 saturated carbocycles. The van der Waals surface area contributed by atoms with Crippen molar-refractivity contribution in [3.63, 3.8) is 0 Å². The first kappa shape index (κ1) is 16.2. The van der Waals surface area contributed by atoms with E-state index in [1.165, 1.54) is 29.3 Å². The second-order valence-electron chi connectivity index (χ2n) is 5.83. The van der Waals surface area contributed by atoms with Crippen molar-refractivity contribution in [1.82, 2.24) is 14.4 Å². The van der Waals surface area contributed by atoms with Crippen LogP contribution in [0.3, 0.4) is 0 Å². The van der Waals surface area contributed by atoms with Crippen molar-refractivity contribution in [2.75, 3.05) is 0 Å². The molecule has 128 valence electrons. The second-order valence-corrected chi connectivity index (χ2v) is 7.28. The monoisotopic (exact) mass is 375 g/mol. The van der Waals surface area contributed by atoms with Crippen molar-refractivity contribution < 1.29 is 9.53 Å². The number of hydrogen-bond donors (Lipinski definition) is 0. The lowest BCUT2D eigenvalue weighted by Crippen LogP contribution is -2.18. The molecule has 0 atom stereocenters. The van der Waals surface area contributed by atoms with Crippen molar-refractivity contribution in [3.8, 4) is 0 Å². The van der Waals surface area contributed by atoms with E-state index in [2.05, 4.69) is 9.97 Å². The summed E-state index contributed by atoms with van der Waals surface area (Å²) in [6.45, 7) is -0.0598. The van der Waals surface area contributed by atoms with Crippen LogP contribution >= 0.6 is 22.9 Å². The maximum Gasteiger partial charge on any atom is 0.340 e. The van der Waals surface area contributed by atoms with Crippen LogP contribution < -0.4 is 5.56 Å². The highest BCUT2D eigenvalue weighted by Crippen LogP contribution is 2.28. The first-order valence-electron chi connectivity index (χ1n) is 7.94. The minimum absolute atomic E-state index is 0.0598. The van der Waals surface area contributed by atoms with Gasteiger partial charge in [-0.15, -0.1) is 11.3 Å². The summed E-state index contributed by atoms with van der Waals surface area (Å²) in [4.78, 5) is 34.7. The van der Waals surface area contributed by atoms with E-state index in [1.807, 2.05) is 0 Å². The van der Waals surface area contributed by atoms with Gasteiger partial charge in [-0.2, -0.15) is 0 Å². The number of thiazole rings is 1. The second kappa shape index (κ2) is 6.57. The molecule has 8 heteroatoms. The van der Waals surface area contributed by atoms with Gasteiger partial charge in [-0.25, -0.2) is 14.8 Å². The van der Waals surface area contributed by atoms with Crippen molar-refractivity contribution in [1.29, 1.82) is 0 Å². The van der Waals surface area contributed by atoms with Gasteiger partial charge in [0.2, 0.25) is 0 Å². The summed E-state index contributed by atoms with van der Waals surface area (Å²) in [7, 11) is 0. The smallest absolute Gasteiger partial charge is 0.340 e. The van der Waals surface area contributed by atoms with Gasteiger partial charge in [-0.3, -0.25) is 9.20 Å². The van der Waals surface area contributed by atoms with Gasteiger partial charge in [0.05, 0.1) is 11.3 Å². The van der Waals surface area contributed by atoms with Gasteiger partial charge < -0.3 is 4.74 Å². The average molecular weight is 376 g/mol. The SMILES string of the molecule is O=C(OCc1cc(=O)n2c3c(sc2n1)CCCC3)c1ccc(Cl)nc1. The van der Waals surface area contributed by atoms with Gasteiger partial charge in [0, 0.05) is 22.8 Å². The van der Waals surface area contributed by atoms with Crippen LogP contribution in [0.15, 0.2) is 29.2 Å². The normalized spacial score (nSPS) is 13.6. The minimum Gasteiger partial charge on any atom is -0.456 e. The Bertz CT molecular complexity index is 1010. The van der Waals surface area contributed by atoms with Gasteiger partial charge in [-0.05, 0) is 37.8 Å². The van der Waals surface area contributed by atoms with E-state index in [1.54, 1.807) is 15.7 Å². The number of aryl methyl sites for hydroxylation is 2. The van der Waals surface area contributed by atoms with Crippen LogP contribution in [0.5, 0.6) is 0 Å². The third-order valence-corrected chi connectivity index (χ3v) is 5.50. The lowest BCUT2D eigenvalue weighted by Gasteiger charge is -2.10. The molecular formula is C17H14ClN3O3S. The summed E-state index contributed by atoms with van der Waals surface area (Å²) < 4.78 is 6.92. The Morgan fingerprint density at radius 3 is 2.96 bits per heavy atom. The molecule has 4 rings (SSSR count). The Labute approximate surface area is 152 Å². The molecule has 6 nitrogen and oxygen atoms in total. The maximum absolute atomic E-state index is 12.4. The van der Waals surface area contributed by atoms with E-state index in [9.17, 15) is 9.59 Å². The van der Waals surface area contributed by atoms with Crippen LogP contribution in [0.25, 0.3) is 4.96 Å². The van der Waals surface area contributed by atoms with Crippen molar-refractivity contribution in [2.24, 2.45) is 0 Å². The highest BCUT2D eigenvalue weighted by Gasteiger charge is 2.19. The molecule has 3 aromatic heterocycles. The zero-order valence-corrected chi connectivity index (χ0v) is 14.8. The fraction of sp³-hybridized carbons (Fsp3) is 0.294. The summed E-state index contributed by atoms with van der Waals surface area (Å²) in [5.41, 5.74) is 1.70. The number of carbonyl (C=O) groups is 1. The lowest BCUT2D eigenvalue weighted by atomic mass is 10.0. The standard InChI is InChI=1S/C17H14ClN3O3S/c18-14-6-5-10(8-19-14)16(23)24-9-11-7-15(22)21-12-3-1-2-4-13(12)25-17(21)20-11/h5-8H,1-4,9H2. The highest BCUT2D eigenvalue weighted by atomic mass is 35.5. The Morgan fingerprint density at radius 2 is 2.16 bits per heavy atom. The van der Waals surface area contributed by atoms with E-state index >= 15 is 0 Å². The topological polar surface area (TPSA) is 73.6 Å². The maximum atomic E-state index is 12.4. The van der Waals surface area contributed by atoms with Crippen molar-refractivity contribution in [3.05, 3.63) is 61.7 Å². The molecule has 0 radical (unpaired) electrons. The summed E-state index contributed by atoms with van der Waals surface area (Å²) in [5.74, 6) is -0.531. The molecule has 1 aliphatic carbocycles. The summed E-state index contributed by atoms with van der Waals surface area (Å²) in [6.07, 6.45) is 5.50. The molecule has 0 aromatic carbocycles. The van der Waals surface area contributed by atoms with Gasteiger partial charge in [0.1, 0.15) is 11.8 Å². The first-order chi connectivity index (χ1) is 12.1. The summed E-state index contributed by atoms with van der Waals surface area (Å²) in [6, 6.07) is 4.49. The number of rotatable bonds is 3. The quantitative estimate of drug-likeness (QED) is 0.519. The first-order valence-corrected chi connectivity index (χ1v) is 9.13. The van der Waals surface area contributed by atoms with E-state index in [4.69, 9.17) is 16.3 Å². The van der Waals surface area contributed by atoms with E-state index < -0.39 is 5.97 Å². The van der Waals surface area contributed by atoms with Crippen LogP contribution in [-0.4, -0.2) is 20.3 Å². The predicted molar refractivity (Wildman–Crippen MR) is 94.3 cm³/mol. The van der Waals surface area contributed by atoms with E-state index in [-0.39, 0.29) is 12.2 Å². The highest BCUT2D eigenvalue weighted by molar-refractivity contribution is 7.17. The number of aromatic nitrogens is 3. The molecule has 0 spiro atoms. The number of hydrogen-bond acceptors (Lipinski definition) is 6. The third kappa shape index (κ3) is 3.17. The van der Waals surface area contributed by atoms with Gasteiger partial charge in [-0.1, -0.05) is 11.6 Å². The van der Waals surface area contributed by atoms with Gasteiger partial charge >= 0.3 is 5.97 Å². The molecule has 0 fully saturated rings. The van der Waals surface area contributed by atoms with Gasteiger partial charge in [0.15, 0.2) is 4.96 Å².